The van der Waals surface area contributed by atoms with Crippen LogP contribution in [0.4, 0.5) is 0 Å². The molecule has 1 fully saturated rings. The SMILES string of the molecule is Cc1cc(CN(C)S(=O)(=O)c2ccc3c(c2)[C@H](NC(=O)C2CCCC2)CC3)n[nH]1. The Hall–Kier alpha value is -2.19. The molecule has 0 radical (unpaired) electrons. The van der Waals surface area contributed by atoms with Crippen LogP contribution in [-0.4, -0.2) is 35.9 Å². The number of fused-ring (bicyclic) bond motifs is 1. The average Bonchev–Trinajstić information content (AvgIpc) is 3.43. The number of carbonyl (C=O) groups excluding carboxylic acids is 1. The minimum absolute atomic E-state index is 0.104. The van der Waals surface area contributed by atoms with Crippen LogP contribution in [0.3, 0.4) is 0 Å². The summed E-state index contributed by atoms with van der Waals surface area (Å²) in [5.74, 6) is 0.217. The topological polar surface area (TPSA) is 95.2 Å². The lowest BCUT2D eigenvalue weighted by atomic mass is 10.0. The van der Waals surface area contributed by atoms with Crippen molar-refractivity contribution in [2.24, 2.45) is 5.92 Å². The van der Waals surface area contributed by atoms with E-state index in [1.54, 1.807) is 19.2 Å². The lowest BCUT2D eigenvalue weighted by molar-refractivity contribution is -0.125. The fourth-order valence-electron chi connectivity index (χ4n) is 4.42. The van der Waals surface area contributed by atoms with E-state index >= 15 is 0 Å². The summed E-state index contributed by atoms with van der Waals surface area (Å²) in [5.41, 5.74) is 3.62. The van der Waals surface area contributed by atoms with Gasteiger partial charge in [0.1, 0.15) is 0 Å². The first kappa shape index (κ1) is 20.1. The molecular formula is C21H28N4O3S. The molecule has 29 heavy (non-hydrogen) atoms. The van der Waals surface area contributed by atoms with Crippen LogP contribution in [0.15, 0.2) is 29.2 Å². The third kappa shape index (κ3) is 4.09. The highest BCUT2D eigenvalue weighted by atomic mass is 32.2. The van der Waals surface area contributed by atoms with Crippen molar-refractivity contribution in [2.45, 2.75) is 62.9 Å². The highest BCUT2D eigenvalue weighted by Crippen LogP contribution is 2.34. The number of H-pyrrole nitrogens is 1. The maximum Gasteiger partial charge on any atom is 0.243 e. The summed E-state index contributed by atoms with van der Waals surface area (Å²) in [7, 11) is -2.09. The monoisotopic (exact) mass is 416 g/mol. The summed E-state index contributed by atoms with van der Waals surface area (Å²) in [4.78, 5) is 12.8. The van der Waals surface area contributed by atoms with Crippen molar-refractivity contribution >= 4 is 15.9 Å². The predicted octanol–water partition coefficient (Wildman–Crippen LogP) is 2.83. The van der Waals surface area contributed by atoms with Crippen LogP contribution in [0, 0.1) is 12.8 Å². The van der Waals surface area contributed by atoms with Crippen molar-refractivity contribution < 1.29 is 13.2 Å². The Labute approximate surface area is 171 Å². The molecule has 0 unspecified atom stereocenters. The summed E-state index contributed by atoms with van der Waals surface area (Å²) in [5, 5.41) is 10.1. The molecule has 1 aromatic carbocycles. The minimum Gasteiger partial charge on any atom is -0.349 e. The van der Waals surface area contributed by atoms with Crippen LogP contribution in [0.5, 0.6) is 0 Å². The van der Waals surface area contributed by atoms with Gasteiger partial charge in [0.25, 0.3) is 0 Å². The van der Waals surface area contributed by atoms with Crippen LogP contribution >= 0.6 is 0 Å². The van der Waals surface area contributed by atoms with Crippen molar-refractivity contribution in [1.82, 2.24) is 19.8 Å². The van der Waals surface area contributed by atoms with Gasteiger partial charge in [-0.3, -0.25) is 9.89 Å². The maximum atomic E-state index is 13.1. The van der Waals surface area contributed by atoms with Crippen molar-refractivity contribution in [1.29, 1.82) is 0 Å². The highest BCUT2D eigenvalue weighted by Gasteiger charge is 2.30. The molecule has 2 aromatic rings. The smallest absolute Gasteiger partial charge is 0.243 e. The highest BCUT2D eigenvalue weighted by molar-refractivity contribution is 7.89. The molecule has 7 nitrogen and oxygen atoms in total. The molecule has 8 heteroatoms. The van der Waals surface area contributed by atoms with Gasteiger partial charge >= 0.3 is 0 Å². The van der Waals surface area contributed by atoms with Crippen molar-refractivity contribution in [3.8, 4) is 0 Å². The molecule has 1 amide bonds. The van der Waals surface area contributed by atoms with Gasteiger partial charge in [-0.2, -0.15) is 9.40 Å². The molecule has 156 valence electrons. The second kappa shape index (κ2) is 7.91. The Morgan fingerprint density at radius 2 is 2.00 bits per heavy atom. The standard InChI is InChI=1S/C21H28N4O3S/c1-14-11-17(24-23-14)13-25(2)29(27,28)18-9-7-15-8-10-20(19(15)12-18)22-21(26)16-5-3-4-6-16/h7,9,11-12,16,20H,3-6,8,10,13H2,1-2H3,(H,22,26)(H,23,24)/t20-/m1/s1. The molecule has 0 spiro atoms. The number of hydrogen-bond donors (Lipinski definition) is 2. The van der Waals surface area contributed by atoms with E-state index in [2.05, 4.69) is 15.5 Å². The zero-order chi connectivity index (χ0) is 20.6. The van der Waals surface area contributed by atoms with Gasteiger partial charge in [-0.25, -0.2) is 8.42 Å². The van der Waals surface area contributed by atoms with Gasteiger partial charge in [-0.05, 0) is 61.9 Å². The number of hydrogen-bond acceptors (Lipinski definition) is 4. The van der Waals surface area contributed by atoms with E-state index in [4.69, 9.17) is 0 Å². The number of aromatic nitrogens is 2. The van der Waals surface area contributed by atoms with E-state index in [0.29, 0.717) is 5.69 Å². The average molecular weight is 417 g/mol. The van der Waals surface area contributed by atoms with Gasteiger partial charge in [0, 0.05) is 18.7 Å². The zero-order valence-corrected chi connectivity index (χ0v) is 17.8. The molecule has 2 aliphatic rings. The summed E-state index contributed by atoms with van der Waals surface area (Å²) >= 11 is 0. The minimum atomic E-state index is -3.65. The van der Waals surface area contributed by atoms with Gasteiger partial charge < -0.3 is 5.32 Å². The van der Waals surface area contributed by atoms with E-state index in [1.165, 1.54) is 4.31 Å². The molecule has 4 rings (SSSR count). The Kier molecular flexibility index (Phi) is 5.48. The lowest BCUT2D eigenvalue weighted by Gasteiger charge is -2.19. The first-order valence-electron chi connectivity index (χ1n) is 10.2. The molecule has 0 bridgehead atoms. The zero-order valence-electron chi connectivity index (χ0n) is 16.9. The van der Waals surface area contributed by atoms with E-state index in [-0.39, 0.29) is 29.3 Å². The number of rotatable bonds is 6. The number of sulfonamides is 1. The van der Waals surface area contributed by atoms with Crippen molar-refractivity contribution in [3.63, 3.8) is 0 Å². The van der Waals surface area contributed by atoms with Gasteiger partial charge in [-0.1, -0.05) is 18.9 Å². The van der Waals surface area contributed by atoms with Crippen LogP contribution in [0.2, 0.25) is 0 Å². The number of benzene rings is 1. The van der Waals surface area contributed by atoms with Crippen LogP contribution < -0.4 is 5.32 Å². The number of aryl methyl sites for hydroxylation is 2. The van der Waals surface area contributed by atoms with E-state index in [1.807, 2.05) is 19.1 Å². The predicted molar refractivity (Wildman–Crippen MR) is 110 cm³/mol. The second-order valence-electron chi connectivity index (χ2n) is 8.25. The fourth-order valence-corrected chi connectivity index (χ4v) is 5.59. The first-order chi connectivity index (χ1) is 13.8. The summed E-state index contributed by atoms with van der Waals surface area (Å²) in [6.07, 6.45) is 5.81. The Bertz CT molecular complexity index is 1010. The first-order valence-corrected chi connectivity index (χ1v) is 11.7. The van der Waals surface area contributed by atoms with Gasteiger partial charge in [0.15, 0.2) is 0 Å². The number of amides is 1. The quantitative estimate of drug-likeness (QED) is 0.757. The van der Waals surface area contributed by atoms with E-state index in [9.17, 15) is 13.2 Å². The van der Waals surface area contributed by atoms with Gasteiger partial charge in [-0.15, -0.1) is 0 Å². The number of nitrogens with one attached hydrogen (secondary N) is 2. The number of carbonyl (C=O) groups is 1. The van der Waals surface area contributed by atoms with E-state index < -0.39 is 10.0 Å². The molecule has 2 aliphatic carbocycles. The van der Waals surface area contributed by atoms with Gasteiger partial charge in [0.05, 0.1) is 23.2 Å². The molecule has 2 N–H and O–H groups in total. The van der Waals surface area contributed by atoms with Crippen molar-refractivity contribution in [3.05, 3.63) is 46.8 Å². The molecule has 0 saturated heterocycles. The van der Waals surface area contributed by atoms with Crippen LogP contribution in [0.1, 0.15) is 60.7 Å². The largest absolute Gasteiger partial charge is 0.349 e. The second-order valence-corrected chi connectivity index (χ2v) is 10.3. The third-order valence-corrected chi connectivity index (χ3v) is 7.89. The lowest BCUT2D eigenvalue weighted by Crippen LogP contribution is -2.32. The van der Waals surface area contributed by atoms with Gasteiger partial charge in [0.2, 0.25) is 15.9 Å². The summed E-state index contributed by atoms with van der Waals surface area (Å²) in [6, 6.07) is 7.03. The molecule has 0 aliphatic heterocycles. The Morgan fingerprint density at radius 1 is 1.24 bits per heavy atom. The van der Waals surface area contributed by atoms with Crippen LogP contribution in [0.25, 0.3) is 0 Å². The molecular weight excluding hydrogens is 388 g/mol. The summed E-state index contributed by atoms with van der Waals surface area (Å²) in [6.45, 7) is 2.08. The third-order valence-electron chi connectivity index (χ3n) is 6.09. The molecule has 1 aromatic heterocycles. The van der Waals surface area contributed by atoms with Crippen molar-refractivity contribution in [2.75, 3.05) is 7.05 Å². The fraction of sp³-hybridized carbons (Fsp3) is 0.524. The van der Waals surface area contributed by atoms with E-state index in [0.717, 1.165) is 55.3 Å². The Morgan fingerprint density at radius 3 is 2.69 bits per heavy atom. The van der Waals surface area contributed by atoms with Crippen LogP contribution in [-0.2, 0) is 27.8 Å². The molecule has 1 atom stereocenters. The molecule has 1 heterocycles. The molecule has 1 saturated carbocycles. The maximum absolute atomic E-state index is 13.1. The normalized spacial score (nSPS) is 19.6. The number of nitrogens with zero attached hydrogens (tertiary/aromatic N) is 2. The summed E-state index contributed by atoms with van der Waals surface area (Å²) < 4.78 is 27.5. The Balaban J connectivity index is 1.52. The number of aromatic amines is 1.